The van der Waals surface area contributed by atoms with E-state index in [2.05, 4.69) is 10.3 Å². The van der Waals surface area contributed by atoms with Gasteiger partial charge in [0.2, 0.25) is 0 Å². The lowest BCUT2D eigenvalue weighted by atomic mass is 10.2. The molecule has 0 spiro atoms. The topological polar surface area (TPSA) is 62.0 Å². The van der Waals surface area contributed by atoms with Crippen LogP contribution in [0.4, 0.5) is 18.9 Å². The van der Waals surface area contributed by atoms with Crippen LogP contribution < -0.4 is 5.32 Å². The number of benzene rings is 1. The first kappa shape index (κ1) is 12.9. The SMILES string of the molecule is O=Cc1c[nH]c(C(=O)Nc2ccc(F)c(F)c2F)c1. The van der Waals surface area contributed by atoms with Crippen molar-refractivity contribution in [3.05, 3.63) is 53.1 Å². The molecule has 7 heteroatoms. The Balaban J connectivity index is 2.24. The number of carbonyl (C=O) groups excluding carboxylic acids is 2. The minimum absolute atomic E-state index is 0.00812. The first-order valence-electron chi connectivity index (χ1n) is 5.11. The minimum Gasteiger partial charge on any atom is -0.356 e. The van der Waals surface area contributed by atoms with E-state index in [9.17, 15) is 22.8 Å². The van der Waals surface area contributed by atoms with Crippen LogP contribution in [0.5, 0.6) is 0 Å². The maximum atomic E-state index is 13.3. The van der Waals surface area contributed by atoms with Crippen molar-refractivity contribution in [1.82, 2.24) is 4.98 Å². The van der Waals surface area contributed by atoms with Crippen molar-refractivity contribution in [1.29, 1.82) is 0 Å². The van der Waals surface area contributed by atoms with Gasteiger partial charge in [0.1, 0.15) is 5.69 Å². The Kier molecular flexibility index (Phi) is 3.37. The predicted molar refractivity (Wildman–Crippen MR) is 60.4 cm³/mol. The van der Waals surface area contributed by atoms with E-state index in [4.69, 9.17) is 0 Å². The van der Waals surface area contributed by atoms with E-state index < -0.39 is 29.0 Å². The Hall–Kier alpha value is -2.57. The molecule has 0 aliphatic rings. The molecule has 0 fully saturated rings. The number of anilines is 1. The average molecular weight is 268 g/mol. The summed E-state index contributed by atoms with van der Waals surface area (Å²) in [7, 11) is 0. The quantitative estimate of drug-likeness (QED) is 0.663. The van der Waals surface area contributed by atoms with Gasteiger partial charge in [-0.3, -0.25) is 9.59 Å². The Morgan fingerprint density at radius 2 is 1.95 bits per heavy atom. The maximum Gasteiger partial charge on any atom is 0.272 e. The number of hydrogen-bond donors (Lipinski definition) is 2. The molecular formula is C12H7F3N2O2. The highest BCUT2D eigenvalue weighted by Gasteiger charge is 2.16. The summed E-state index contributed by atoms with van der Waals surface area (Å²) in [5.41, 5.74) is -0.270. The molecule has 4 nitrogen and oxygen atoms in total. The van der Waals surface area contributed by atoms with Gasteiger partial charge in [0.25, 0.3) is 5.91 Å². The lowest BCUT2D eigenvalue weighted by molar-refractivity contribution is 0.102. The van der Waals surface area contributed by atoms with Gasteiger partial charge in [0, 0.05) is 11.8 Å². The van der Waals surface area contributed by atoms with Gasteiger partial charge in [0.05, 0.1) is 5.69 Å². The summed E-state index contributed by atoms with van der Waals surface area (Å²) >= 11 is 0. The van der Waals surface area contributed by atoms with Crippen LogP contribution in [0.3, 0.4) is 0 Å². The highest BCUT2D eigenvalue weighted by atomic mass is 19.2. The number of aromatic nitrogens is 1. The van der Waals surface area contributed by atoms with Crippen LogP contribution in [-0.4, -0.2) is 17.2 Å². The number of nitrogens with one attached hydrogen (secondary N) is 2. The molecular weight excluding hydrogens is 261 g/mol. The van der Waals surface area contributed by atoms with E-state index in [1.807, 2.05) is 0 Å². The standard InChI is InChI=1S/C12H7F3N2O2/c13-7-1-2-8(11(15)10(7)14)17-12(19)9-3-6(5-18)4-16-9/h1-5,16H,(H,17,19). The van der Waals surface area contributed by atoms with Crippen molar-refractivity contribution in [2.45, 2.75) is 0 Å². The summed E-state index contributed by atoms with van der Waals surface area (Å²) in [6.45, 7) is 0. The van der Waals surface area contributed by atoms with Crippen LogP contribution in [0.2, 0.25) is 0 Å². The second kappa shape index (κ2) is 4.97. The number of aldehydes is 1. The molecule has 1 aromatic heterocycles. The fraction of sp³-hybridized carbons (Fsp3) is 0. The van der Waals surface area contributed by atoms with Crippen LogP contribution in [0.25, 0.3) is 0 Å². The van der Waals surface area contributed by atoms with E-state index in [0.717, 1.165) is 6.07 Å². The van der Waals surface area contributed by atoms with E-state index in [1.165, 1.54) is 12.3 Å². The van der Waals surface area contributed by atoms with Gasteiger partial charge in [0.15, 0.2) is 23.7 Å². The molecule has 0 radical (unpaired) electrons. The molecule has 0 atom stereocenters. The fourth-order valence-corrected chi connectivity index (χ4v) is 1.42. The predicted octanol–water partition coefficient (Wildman–Crippen LogP) is 2.50. The van der Waals surface area contributed by atoms with Crippen LogP contribution in [0.15, 0.2) is 24.4 Å². The molecule has 0 aliphatic carbocycles. The van der Waals surface area contributed by atoms with Crippen molar-refractivity contribution in [2.24, 2.45) is 0 Å². The molecule has 19 heavy (non-hydrogen) atoms. The Morgan fingerprint density at radius 1 is 1.21 bits per heavy atom. The van der Waals surface area contributed by atoms with Crippen molar-refractivity contribution < 1.29 is 22.8 Å². The Bertz CT molecular complexity index is 652. The van der Waals surface area contributed by atoms with Crippen molar-refractivity contribution >= 4 is 17.9 Å². The van der Waals surface area contributed by atoms with E-state index in [-0.39, 0.29) is 11.3 Å². The molecule has 98 valence electrons. The lowest BCUT2D eigenvalue weighted by Crippen LogP contribution is -2.14. The number of H-pyrrole nitrogens is 1. The molecule has 0 aliphatic heterocycles. The van der Waals surface area contributed by atoms with Gasteiger partial charge in [-0.05, 0) is 18.2 Å². The number of amides is 1. The number of rotatable bonds is 3. The lowest BCUT2D eigenvalue weighted by Gasteiger charge is -2.06. The molecule has 1 aromatic carbocycles. The zero-order valence-corrected chi connectivity index (χ0v) is 9.34. The summed E-state index contributed by atoms with van der Waals surface area (Å²) in [6, 6.07) is 2.83. The molecule has 2 aromatic rings. The average Bonchev–Trinajstić information content (AvgIpc) is 2.88. The molecule has 2 rings (SSSR count). The highest BCUT2D eigenvalue weighted by Crippen LogP contribution is 2.20. The summed E-state index contributed by atoms with van der Waals surface area (Å²) in [6.07, 6.45) is 1.80. The molecule has 0 saturated carbocycles. The summed E-state index contributed by atoms with van der Waals surface area (Å²) < 4.78 is 39.0. The van der Waals surface area contributed by atoms with Gasteiger partial charge in [-0.2, -0.15) is 0 Å². The molecule has 1 amide bonds. The smallest absolute Gasteiger partial charge is 0.272 e. The molecule has 0 saturated heterocycles. The van der Waals surface area contributed by atoms with Crippen molar-refractivity contribution in [3.8, 4) is 0 Å². The zero-order valence-electron chi connectivity index (χ0n) is 9.34. The van der Waals surface area contributed by atoms with E-state index in [0.29, 0.717) is 12.4 Å². The number of aromatic amines is 1. The second-order valence-electron chi connectivity index (χ2n) is 3.64. The zero-order chi connectivity index (χ0) is 14.0. The normalized spacial score (nSPS) is 10.3. The Morgan fingerprint density at radius 3 is 2.58 bits per heavy atom. The van der Waals surface area contributed by atoms with Crippen molar-refractivity contribution in [2.75, 3.05) is 5.32 Å². The van der Waals surface area contributed by atoms with Crippen LogP contribution in [0.1, 0.15) is 20.8 Å². The van der Waals surface area contributed by atoms with Gasteiger partial charge >= 0.3 is 0 Å². The Labute approximate surface area is 105 Å². The molecule has 0 unspecified atom stereocenters. The van der Waals surface area contributed by atoms with Crippen LogP contribution in [-0.2, 0) is 0 Å². The summed E-state index contributed by atoms with van der Waals surface area (Å²) in [5, 5.41) is 2.06. The molecule has 1 heterocycles. The first-order chi connectivity index (χ1) is 9.02. The van der Waals surface area contributed by atoms with E-state index in [1.54, 1.807) is 0 Å². The van der Waals surface area contributed by atoms with Gasteiger partial charge < -0.3 is 10.3 Å². The molecule has 0 bridgehead atoms. The first-order valence-corrected chi connectivity index (χ1v) is 5.11. The number of halogens is 3. The third-order valence-corrected chi connectivity index (χ3v) is 2.37. The summed E-state index contributed by atoms with van der Waals surface area (Å²) in [5.74, 6) is -5.29. The van der Waals surface area contributed by atoms with Crippen LogP contribution in [0, 0.1) is 17.5 Å². The monoisotopic (exact) mass is 268 g/mol. The van der Waals surface area contributed by atoms with Crippen LogP contribution >= 0.6 is 0 Å². The van der Waals surface area contributed by atoms with Crippen molar-refractivity contribution in [3.63, 3.8) is 0 Å². The largest absolute Gasteiger partial charge is 0.356 e. The maximum absolute atomic E-state index is 13.3. The summed E-state index contributed by atoms with van der Waals surface area (Å²) in [4.78, 5) is 24.6. The van der Waals surface area contributed by atoms with E-state index >= 15 is 0 Å². The van der Waals surface area contributed by atoms with Gasteiger partial charge in [-0.1, -0.05) is 0 Å². The molecule has 2 N–H and O–H groups in total. The number of hydrogen-bond acceptors (Lipinski definition) is 2. The van der Waals surface area contributed by atoms with Gasteiger partial charge in [-0.25, -0.2) is 13.2 Å². The third kappa shape index (κ3) is 2.49. The van der Waals surface area contributed by atoms with Gasteiger partial charge in [-0.15, -0.1) is 0 Å². The number of carbonyl (C=O) groups is 2. The fourth-order valence-electron chi connectivity index (χ4n) is 1.42. The minimum atomic E-state index is -1.67. The highest BCUT2D eigenvalue weighted by molar-refractivity contribution is 6.03. The second-order valence-corrected chi connectivity index (χ2v) is 3.64. The third-order valence-electron chi connectivity index (χ3n) is 2.37.